The molecule has 3 heterocycles. The summed E-state index contributed by atoms with van der Waals surface area (Å²) < 4.78 is 17.2. The van der Waals surface area contributed by atoms with Crippen LogP contribution in [0, 0.1) is 0 Å². The number of hydrogen-bond acceptors (Lipinski definition) is 4. The summed E-state index contributed by atoms with van der Waals surface area (Å²) in [6, 6.07) is 0. The highest BCUT2D eigenvalue weighted by Crippen LogP contribution is 2.41. The second-order valence-corrected chi connectivity index (χ2v) is 5.45. The van der Waals surface area contributed by atoms with Crippen LogP contribution in [-0.2, 0) is 14.0 Å². The minimum atomic E-state index is -1.07. The van der Waals surface area contributed by atoms with Crippen LogP contribution < -0.4 is 5.32 Å². The van der Waals surface area contributed by atoms with Crippen molar-refractivity contribution >= 4 is 13.2 Å². The predicted octanol–water partition coefficient (Wildman–Crippen LogP) is 1.26. The Morgan fingerprint density at radius 2 is 2.40 bits per heavy atom. The summed E-state index contributed by atoms with van der Waals surface area (Å²) in [5, 5.41) is 11.0. The fraction of sp³-hybridized carbons (Fsp3) is 0.462. The first-order valence-electron chi connectivity index (χ1n) is 6.51. The maximum Gasteiger partial charge on any atom is 0.495 e. The molecule has 0 aromatic rings. The second-order valence-electron chi connectivity index (χ2n) is 5.45. The number of allylic oxidation sites excluding steroid dienone is 3. The van der Waals surface area contributed by atoms with Gasteiger partial charge in [0.25, 0.3) is 0 Å². The predicted molar refractivity (Wildman–Crippen MR) is 72.0 cm³/mol. The lowest BCUT2D eigenvalue weighted by Gasteiger charge is -2.26. The van der Waals surface area contributed by atoms with Crippen molar-refractivity contribution in [3.63, 3.8) is 0 Å². The molecule has 2 N–H and O–H groups in total. The molecule has 3 rings (SSSR count). The van der Waals surface area contributed by atoms with Gasteiger partial charge in [-0.2, -0.15) is 0 Å². The summed E-state index contributed by atoms with van der Waals surface area (Å²) in [5.74, 6) is 0. The molecule has 0 saturated heterocycles. The highest BCUT2D eigenvalue weighted by atomic mass is 16.6. The molecule has 6 nitrogen and oxygen atoms in total. The summed E-state index contributed by atoms with van der Waals surface area (Å²) in [7, 11) is -0.466. The lowest BCUT2D eigenvalue weighted by molar-refractivity contribution is 0.0900. The zero-order chi connectivity index (χ0) is 14.3. The molecule has 1 atom stereocenters. The Bertz CT molecular complexity index is 537. The summed E-state index contributed by atoms with van der Waals surface area (Å²) in [4.78, 5) is 10.6. The van der Waals surface area contributed by atoms with E-state index in [1.807, 2.05) is 26.0 Å². The van der Waals surface area contributed by atoms with Crippen LogP contribution in [-0.4, -0.2) is 43.2 Å². The monoisotopic (exact) mass is 277 g/mol. The molecule has 7 heteroatoms. The molecule has 3 aliphatic heterocycles. The number of hydrogen-bond donors (Lipinski definition) is 2. The normalized spacial score (nSPS) is 26.6. The van der Waals surface area contributed by atoms with E-state index in [0.717, 1.165) is 16.6 Å². The van der Waals surface area contributed by atoms with Gasteiger partial charge in [-0.25, -0.2) is 4.79 Å². The minimum absolute atomic E-state index is 0.191. The average Bonchev–Trinajstić information content (AvgIpc) is 2.52. The molecule has 3 aliphatic rings. The van der Waals surface area contributed by atoms with Crippen LogP contribution in [0.15, 0.2) is 35.0 Å². The van der Waals surface area contributed by atoms with Crippen LogP contribution in [0.5, 0.6) is 0 Å². The van der Waals surface area contributed by atoms with E-state index < -0.39 is 18.8 Å². The molecule has 1 amide bonds. The molecule has 0 spiro atoms. The van der Waals surface area contributed by atoms with Gasteiger partial charge in [-0.1, -0.05) is 0 Å². The summed E-state index contributed by atoms with van der Waals surface area (Å²) in [5.41, 5.74) is 2.62. The highest BCUT2D eigenvalue weighted by Gasteiger charge is 2.48. The quantitative estimate of drug-likeness (QED) is 0.743. The smallest absolute Gasteiger partial charge is 0.495 e. The lowest BCUT2D eigenvalue weighted by atomic mass is 9.70. The molecule has 0 bridgehead atoms. The van der Waals surface area contributed by atoms with Crippen molar-refractivity contribution in [1.29, 1.82) is 0 Å². The third-order valence-corrected chi connectivity index (χ3v) is 3.69. The van der Waals surface area contributed by atoms with Crippen molar-refractivity contribution < 1.29 is 23.9 Å². The van der Waals surface area contributed by atoms with Gasteiger partial charge in [0.2, 0.25) is 0 Å². The number of amides is 1. The van der Waals surface area contributed by atoms with Crippen molar-refractivity contribution in [2.24, 2.45) is 0 Å². The number of ether oxygens (including phenoxy) is 1. The molecular formula is C13H16BNO5. The molecule has 0 aromatic carbocycles. The highest BCUT2D eigenvalue weighted by molar-refractivity contribution is 6.57. The average molecular weight is 277 g/mol. The van der Waals surface area contributed by atoms with Gasteiger partial charge < -0.3 is 24.5 Å². The molecule has 0 fully saturated rings. The largest absolute Gasteiger partial charge is 0.497 e. The third kappa shape index (κ3) is 2.23. The maximum absolute atomic E-state index is 10.6. The number of nitrogens with one attached hydrogen (secondary N) is 1. The Morgan fingerprint density at radius 1 is 1.60 bits per heavy atom. The molecule has 0 radical (unpaired) electrons. The molecular weight excluding hydrogens is 261 g/mol. The van der Waals surface area contributed by atoms with E-state index in [1.54, 1.807) is 6.26 Å². The second kappa shape index (κ2) is 4.68. The fourth-order valence-corrected chi connectivity index (χ4v) is 2.70. The van der Waals surface area contributed by atoms with Gasteiger partial charge in [0, 0.05) is 6.54 Å². The Morgan fingerprint density at radius 3 is 3.15 bits per heavy atom. The van der Waals surface area contributed by atoms with E-state index in [0.29, 0.717) is 6.61 Å². The SMILES string of the molecule is CC1(C)OB2OC(CNC(=O)O)C=C3C=COCC1=C23. The van der Waals surface area contributed by atoms with Crippen LogP contribution in [0.2, 0.25) is 0 Å². The first-order valence-corrected chi connectivity index (χ1v) is 6.51. The number of carbonyl (C=O) groups is 1. The van der Waals surface area contributed by atoms with E-state index in [2.05, 4.69) is 5.32 Å². The summed E-state index contributed by atoms with van der Waals surface area (Å²) >= 11 is 0. The number of carboxylic acid groups (broad SMARTS) is 1. The van der Waals surface area contributed by atoms with Crippen LogP contribution in [0.1, 0.15) is 13.8 Å². The van der Waals surface area contributed by atoms with E-state index in [9.17, 15) is 4.79 Å². The van der Waals surface area contributed by atoms with Gasteiger partial charge in [0.05, 0.1) is 18.0 Å². The molecule has 20 heavy (non-hydrogen) atoms. The Balaban J connectivity index is 1.91. The van der Waals surface area contributed by atoms with Gasteiger partial charge in [-0.15, -0.1) is 0 Å². The molecule has 1 unspecified atom stereocenters. The Kier molecular flexibility index (Phi) is 3.10. The van der Waals surface area contributed by atoms with Crippen LogP contribution in [0.4, 0.5) is 4.79 Å². The zero-order valence-corrected chi connectivity index (χ0v) is 11.4. The van der Waals surface area contributed by atoms with Gasteiger partial charge in [0.15, 0.2) is 0 Å². The maximum atomic E-state index is 10.6. The van der Waals surface area contributed by atoms with Gasteiger partial charge in [0.1, 0.15) is 6.61 Å². The minimum Gasteiger partial charge on any atom is -0.497 e. The zero-order valence-electron chi connectivity index (χ0n) is 11.4. The molecule has 0 aromatic heterocycles. The van der Waals surface area contributed by atoms with Crippen molar-refractivity contribution in [2.45, 2.75) is 25.6 Å². The number of rotatable bonds is 2. The van der Waals surface area contributed by atoms with Crippen LogP contribution >= 0.6 is 0 Å². The van der Waals surface area contributed by atoms with Crippen molar-refractivity contribution in [1.82, 2.24) is 5.32 Å². The Labute approximate surface area is 117 Å². The topological polar surface area (TPSA) is 77.0 Å². The van der Waals surface area contributed by atoms with E-state index >= 15 is 0 Å². The van der Waals surface area contributed by atoms with Crippen molar-refractivity contribution in [3.8, 4) is 0 Å². The lowest BCUT2D eigenvalue weighted by Crippen LogP contribution is -2.40. The van der Waals surface area contributed by atoms with Gasteiger partial charge in [-0.05, 0) is 42.6 Å². The standard InChI is InChI=1S/C13H16BNO5/c1-13(2)10-7-18-4-3-8-5-9(6-15-12(16)17)19-14(20-13)11(8)10/h3-5,9,15H,6-7H2,1-2H3,(H,16,17). The Hall–Kier alpha value is -1.73. The first kappa shape index (κ1) is 13.3. The molecule has 0 aliphatic carbocycles. The van der Waals surface area contributed by atoms with Gasteiger partial charge in [-0.3, -0.25) is 0 Å². The van der Waals surface area contributed by atoms with E-state index in [4.69, 9.17) is 19.2 Å². The van der Waals surface area contributed by atoms with Crippen molar-refractivity contribution in [2.75, 3.05) is 13.2 Å². The summed E-state index contributed by atoms with van der Waals surface area (Å²) in [6.07, 6.45) is 4.01. The van der Waals surface area contributed by atoms with E-state index in [-0.39, 0.29) is 12.6 Å². The molecule has 106 valence electrons. The summed E-state index contributed by atoms with van der Waals surface area (Å²) in [6.45, 7) is 4.63. The molecule has 0 saturated carbocycles. The van der Waals surface area contributed by atoms with Crippen molar-refractivity contribution in [3.05, 3.63) is 35.0 Å². The van der Waals surface area contributed by atoms with Crippen LogP contribution in [0.25, 0.3) is 0 Å². The van der Waals surface area contributed by atoms with Crippen LogP contribution in [0.3, 0.4) is 0 Å². The third-order valence-electron chi connectivity index (χ3n) is 3.69. The van der Waals surface area contributed by atoms with E-state index in [1.165, 1.54) is 0 Å². The first-order chi connectivity index (χ1) is 9.47. The van der Waals surface area contributed by atoms with Gasteiger partial charge >= 0.3 is 13.2 Å². The fourth-order valence-electron chi connectivity index (χ4n) is 2.70.